The highest BCUT2D eigenvalue weighted by atomic mass is 16.3. The minimum Gasteiger partial charge on any atom is -0.393 e. The SMILES string of the molecule is CC1CC1C(O)CCc1cccnc1. The highest BCUT2D eigenvalue weighted by molar-refractivity contribution is 5.08. The summed E-state index contributed by atoms with van der Waals surface area (Å²) in [5, 5.41) is 9.80. The Bertz CT molecular complexity index is 286. The molecule has 14 heavy (non-hydrogen) atoms. The smallest absolute Gasteiger partial charge is 0.0574 e. The van der Waals surface area contributed by atoms with E-state index in [-0.39, 0.29) is 6.10 Å². The van der Waals surface area contributed by atoms with Crippen molar-refractivity contribution in [2.24, 2.45) is 11.8 Å². The highest BCUT2D eigenvalue weighted by Crippen LogP contribution is 2.41. The maximum Gasteiger partial charge on any atom is 0.0574 e. The zero-order valence-corrected chi connectivity index (χ0v) is 8.56. The monoisotopic (exact) mass is 191 g/mol. The van der Waals surface area contributed by atoms with E-state index >= 15 is 0 Å². The second kappa shape index (κ2) is 4.09. The number of nitrogens with zero attached hydrogens (tertiary/aromatic N) is 1. The minimum absolute atomic E-state index is 0.106. The summed E-state index contributed by atoms with van der Waals surface area (Å²) < 4.78 is 0. The number of aromatic nitrogens is 1. The van der Waals surface area contributed by atoms with Gasteiger partial charge in [-0.15, -0.1) is 0 Å². The third kappa shape index (κ3) is 2.32. The molecule has 3 unspecified atom stereocenters. The third-order valence-corrected chi connectivity index (χ3v) is 3.12. The third-order valence-electron chi connectivity index (χ3n) is 3.12. The molecule has 1 aliphatic rings. The van der Waals surface area contributed by atoms with Crippen LogP contribution in [0, 0.1) is 11.8 Å². The number of rotatable bonds is 4. The Hall–Kier alpha value is -0.890. The molecule has 0 spiro atoms. The number of aliphatic hydroxyl groups excluding tert-OH is 1. The molecule has 1 aromatic rings. The second-order valence-electron chi connectivity index (χ2n) is 4.34. The molecule has 1 heterocycles. The lowest BCUT2D eigenvalue weighted by atomic mass is 10.0. The summed E-state index contributed by atoms with van der Waals surface area (Å²) in [5.41, 5.74) is 1.22. The fourth-order valence-corrected chi connectivity index (χ4v) is 1.96. The van der Waals surface area contributed by atoms with Crippen molar-refractivity contribution in [1.82, 2.24) is 4.98 Å². The number of aliphatic hydroxyl groups is 1. The van der Waals surface area contributed by atoms with E-state index in [2.05, 4.69) is 18.0 Å². The molecule has 0 saturated heterocycles. The first-order chi connectivity index (χ1) is 6.77. The molecule has 2 rings (SSSR count). The zero-order chi connectivity index (χ0) is 9.97. The Labute approximate surface area is 85.0 Å². The summed E-state index contributed by atoms with van der Waals surface area (Å²) in [6, 6.07) is 4.01. The summed E-state index contributed by atoms with van der Waals surface area (Å²) in [7, 11) is 0. The van der Waals surface area contributed by atoms with Gasteiger partial charge in [0, 0.05) is 12.4 Å². The van der Waals surface area contributed by atoms with Crippen LogP contribution in [0.2, 0.25) is 0 Å². The summed E-state index contributed by atoms with van der Waals surface area (Å²) in [6.07, 6.45) is 6.57. The van der Waals surface area contributed by atoms with Crippen LogP contribution in [0.4, 0.5) is 0 Å². The van der Waals surface area contributed by atoms with Crippen molar-refractivity contribution >= 4 is 0 Å². The first-order valence-electron chi connectivity index (χ1n) is 5.34. The van der Waals surface area contributed by atoms with Crippen molar-refractivity contribution in [3.05, 3.63) is 30.1 Å². The lowest BCUT2D eigenvalue weighted by Crippen LogP contribution is -2.11. The van der Waals surface area contributed by atoms with E-state index in [9.17, 15) is 5.11 Å². The van der Waals surface area contributed by atoms with Crippen LogP contribution in [0.5, 0.6) is 0 Å². The molecule has 2 nitrogen and oxygen atoms in total. The van der Waals surface area contributed by atoms with E-state index in [0.29, 0.717) is 5.92 Å². The van der Waals surface area contributed by atoms with Crippen molar-refractivity contribution in [2.45, 2.75) is 32.3 Å². The van der Waals surface area contributed by atoms with Crippen LogP contribution in [0.15, 0.2) is 24.5 Å². The molecular formula is C12H17NO. The Morgan fingerprint density at radius 1 is 1.64 bits per heavy atom. The average Bonchev–Trinajstić information content (AvgIpc) is 2.94. The van der Waals surface area contributed by atoms with Gasteiger partial charge >= 0.3 is 0 Å². The lowest BCUT2D eigenvalue weighted by molar-refractivity contribution is 0.136. The molecule has 1 aromatic heterocycles. The van der Waals surface area contributed by atoms with Gasteiger partial charge in [0.2, 0.25) is 0 Å². The molecule has 76 valence electrons. The standard InChI is InChI=1S/C12H17NO/c1-9-7-11(9)12(14)5-4-10-3-2-6-13-8-10/h2-3,6,8-9,11-12,14H,4-5,7H2,1H3. The molecule has 1 aliphatic carbocycles. The van der Waals surface area contributed by atoms with E-state index in [1.165, 1.54) is 12.0 Å². The van der Waals surface area contributed by atoms with Gasteiger partial charge in [-0.05, 0) is 42.7 Å². The molecule has 0 aliphatic heterocycles. The van der Waals surface area contributed by atoms with Crippen LogP contribution in [0.25, 0.3) is 0 Å². The normalized spacial score (nSPS) is 27.3. The molecule has 1 fully saturated rings. The second-order valence-corrected chi connectivity index (χ2v) is 4.34. The fourth-order valence-electron chi connectivity index (χ4n) is 1.96. The summed E-state index contributed by atoms with van der Waals surface area (Å²) in [6.45, 7) is 2.21. The summed E-state index contributed by atoms with van der Waals surface area (Å²) in [5.74, 6) is 1.30. The van der Waals surface area contributed by atoms with Crippen molar-refractivity contribution < 1.29 is 5.11 Å². The van der Waals surface area contributed by atoms with Gasteiger partial charge in [-0.2, -0.15) is 0 Å². The largest absolute Gasteiger partial charge is 0.393 e. The topological polar surface area (TPSA) is 33.1 Å². The van der Waals surface area contributed by atoms with Gasteiger partial charge in [-0.1, -0.05) is 13.0 Å². The van der Waals surface area contributed by atoms with Crippen molar-refractivity contribution in [3.8, 4) is 0 Å². The van der Waals surface area contributed by atoms with E-state index < -0.39 is 0 Å². The van der Waals surface area contributed by atoms with Crippen LogP contribution in [-0.2, 0) is 6.42 Å². The quantitative estimate of drug-likeness (QED) is 0.790. The first-order valence-corrected chi connectivity index (χ1v) is 5.34. The predicted octanol–water partition coefficient (Wildman–Crippen LogP) is 2.03. The zero-order valence-electron chi connectivity index (χ0n) is 8.56. The van der Waals surface area contributed by atoms with Crippen LogP contribution in [0.1, 0.15) is 25.3 Å². The van der Waals surface area contributed by atoms with Gasteiger partial charge in [0.25, 0.3) is 0 Å². The summed E-state index contributed by atoms with van der Waals surface area (Å²) in [4.78, 5) is 4.06. The molecule has 1 N–H and O–H groups in total. The van der Waals surface area contributed by atoms with Crippen LogP contribution >= 0.6 is 0 Å². The lowest BCUT2D eigenvalue weighted by Gasteiger charge is -2.08. The van der Waals surface area contributed by atoms with Crippen molar-refractivity contribution in [2.75, 3.05) is 0 Å². The molecule has 0 aromatic carbocycles. The van der Waals surface area contributed by atoms with Crippen LogP contribution in [0.3, 0.4) is 0 Å². The van der Waals surface area contributed by atoms with E-state index in [1.807, 2.05) is 12.3 Å². The van der Waals surface area contributed by atoms with Gasteiger partial charge in [0.05, 0.1) is 6.10 Å². The molecular weight excluding hydrogens is 174 g/mol. The molecule has 2 heteroatoms. The first kappa shape index (κ1) is 9.66. The van der Waals surface area contributed by atoms with Crippen LogP contribution in [-0.4, -0.2) is 16.2 Å². The number of hydrogen-bond donors (Lipinski definition) is 1. The highest BCUT2D eigenvalue weighted by Gasteiger charge is 2.38. The minimum atomic E-state index is -0.106. The van der Waals surface area contributed by atoms with E-state index in [4.69, 9.17) is 0 Å². The maximum atomic E-state index is 9.80. The average molecular weight is 191 g/mol. The maximum absolute atomic E-state index is 9.80. The fraction of sp³-hybridized carbons (Fsp3) is 0.583. The van der Waals surface area contributed by atoms with Gasteiger partial charge in [0.1, 0.15) is 0 Å². The molecule has 1 saturated carbocycles. The Kier molecular flexibility index (Phi) is 2.82. The Balaban J connectivity index is 1.77. The molecule has 0 amide bonds. The van der Waals surface area contributed by atoms with Gasteiger partial charge < -0.3 is 5.11 Å². The van der Waals surface area contributed by atoms with E-state index in [1.54, 1.807) is 6.20 Å². The van der Waals surface area contributed by atoms with Gasteiger partial charge in [0.15, 0.2) is 0 Å². The number of aryl methyl sites for hydroxylation is 1. The van der Waals surface area contributed by atoms with Gasteiger partial charge in [-0.25, -0.2) is 0 Å². The molecule has 0 bridgehead atoms. The summed E-state index contributed by atoms with van der Waals surface area (Å²) >= 11 is 0. The number of hydrogen-bond acceptors (Lipinski definition) is 2. The molecule has 3 atom stereocenters. The molecule has 0 radical (unpaired) electrons. The van der Waals surface area contributed by atoms with Crippen molar-refractivity contribution in [1.29, 1.82) is 0 Å². The Morgan fingerprint density at radius 2 is 2.43 bits per heavy atom. The van der Waals surface area contributed by atoms with Crippen LogP contribution < -0.4 is 0 Å². The van der Waals surface area contributed by atoms with Crippen molar-refractivity contribution in [3.63, 3.8) is 0 Å². The predicted molar refractivity (Wildman–Crippen MR) is 55.8 cm³/mol. The van der Waals surface area contributed by atoms with E-state index in [0.717, 1.165) is 18.8 Å². The number of pyridine rings is 1. The van der Waals surface area contributed by atoms with Gasteiger partial charge in [-0.3, -0.25) is 4.98 Å². The Morgan fingerprint density at radius 3 is 3.00 bits per heavy atom.